The average molecular weight is 378 g/mol. The topological polar surface area (TPSA) is 20.3 Å². The maximum Gasteiger partial charge on any atom is 0.131 e. The number of thiophene rings is 1. The quantitative estimate of drug-likeness (QED) is 0.581. The summed E-state index contributed by atoms with van der Waals surface area (Å²) in [4.78, 5) is 16.5. The third-order valence-corrected chi connectivity index (χ3v) is 6.65. The monoisotopic (exact) mass is 377 g/mol. The van der Waals surface area contributed by atoms with E-state index in [4.69, 9.17) is 0 Å². The van der Waals surface area contributed by atoms with E-state index in [2.05, 4.69) is 55.2 Å². The van der Waals surface area contributed by atoms with Crippen molar-refractivity contribution in [2.45, 2.75) is 40.0 Å². The van der Waals surface area contributed by atoms with Gasteiger partial charge in [-0.2, -0.15) is 0 Å². The lowest BCUT2D eigenvalue weighted by atomic mass is 9.86. The van der Waals surface area contributed by atoms with Gasteiger partial charge in [-0.15, -0.1) is 11.3 Å². The Balaban J connectivity index is 1.73. The van der Waals surface area contributed by atoms with Gasteiger partial charge in [-0.1, -0.05) is 35.4 Å². The number of fused-ring (bicyclic) bond motifs is 2. The maximum absolute atomic E-state index is 11.3. The Bertz CT molecular complexity index is 937. The van der Waals surface area contributed by atoms with Gasteiger partial charge in [-0.3, -0.25) is 4.79 Å². The van der Waals surface area contributed by atoms with Crippen molar-refractivity contribution in [3.63, 3.8) is 0 Å². The van der Waals surface area contributed by atoms with E-state index in [9.17, 15) is 4.79 Å². The minimum Gasteiger partial charge on any atom is -0.302 e. The first kappa shape index (κ1) is 18.4. The number of hydrogen-bond donors (Lipinski definition) is 0. The van der Waals surface area contributed by atoms with Crippen LogP contribution in [0, 0.1) is 13.8 Å². The molecule has 1 aliphatic carbocycles. The number of carbonyl (C=O) groups excluding carboxylic acids is 1. The number of piperidine rings is 1. The fraction of sp³-hybridized carbons (Fsp3) is 0.375. The molecule has 0 unspecified atom stereocenters. The summed E-state index contributed by atoms with van der Waals surface area (Å²) in [6, 6.07) is 9.19. The van der Waals surface area contributed by atoms with Crippen molar-refractivity contribution in [3.8, 4) is 0 Å². The Kier molecular flexibility index (Phi) is 5.16. The summed E-state index contributed by atoms with van der Waals surface area (Å²) >= 11 is 1.89. The summed E-state index contributed by atoms with van der Waals surface area (Å²) in [5.41, 5.74) is 8.46. The molecule has 1 aromatic carbocycles. The molecule has 3 heteroatoms. The van der Waals surface area contributed by atoms with E-state index in [1.165, 1.54) is 37.6 Å². The lowest BCUT2D eigenvalue weighted by Crippen LogP contribution is -2.32. The van der Waals surface area contributed by atoms with E-state index in [0.717, 1.165) is 32.5 Å². The molecule has 1 saturated heterocycles. The lowest BCUT2D eigenvalue weighted by molar-refractivity contribution is -0.117. The number of rotatable bonds is 3. The predicted octanol–water partition coefficient (Wildman–Crippen LogP) is 5.73. The van der Waals surface area contributed by atoms with Crippen LogP contribution in [0.4, 0.5) is 0 Å². The Hall–Kier alpha value is -1.97. The molecule has 0 bridgehead atoms. The van der Waals surface area contributed by atoms with E-state index in [0.29, 0.717) is 6.42 Å². The van der Waals surface area contributed by atoms with Crippen molar-refractivity contribution < 1.29 is 4.79 Å². The van der Waals surface area contributed by atoms with Crippen LogP contribution in [0.5, 0.6) is 0 Å². The summed E-state index contributed by atoms with van der Waals surface area (Å²) in [5.74, 6) is 0.289. The van der Waals surface area contributed by atoms with Gasteiger partial charge in [0.25, 0.3) is 0 Å². The molecule has 1 fully saturated rings. The number of carbonyl (C=O) groups is 1. The van der Waals surface area contributed by atoms with Gasteiger partial charge >= 0.3 is 0 Å². The van der Waals surface area contributed by atoms with Crippen LogP contribution in [-0.4, -0.2) is 30.3 Å². The highest BCUT2D eigenvalue weighted by atomic mass is 32.1. The molecule has 1 aliphatic heterocycles. The second kappa shape index (κ2) is 7.57. The van der Waals surface area contributed by atoms with Gasteiger partial charge in [0.2, 0.25) is 0 Å². The largest absolute Gasteiger partial charge is 0.302 e. The molecule has 0 N–H and O–H groups in total. The van der Waals surface area contributed by atoms with Crippen LogP contribution in [0.3, 0.4) is 0 Å². The highest BCUT2D eigenvalue weighted by molar-refractivity contribution is 7.13. The van der Waals surface area contributed by atoms with Gasteiger partial charge in [0.15, 0.2) is 0 Å². The second-order valence-corrected chi connectivity index (χ2v) is 9.12. The standard InChI is InChI=1S/C24H27NOS/c1-16-4-5-19-6-7-23-22(15-18(3)27-23)24(21(19)14-16)20-9-12-25(13-10-20)11-8-17(2)26/h4-7,14-15H,8-13H2,1-3H3. The summed E-state index contributed by atoms with van der Waals surface area (Å²) in [6.07, 6.45) is 7.42. The first-order chi connectivity index (χ1) is 13.0. The molecule has 1 aromatic heterocycles. The van der Waals surface area contributed by atoms with Gasteiger partial charge in [-0.25, -0.2) is 0 Å². The summed E-state index contributed by atoms with van der Waals surface area (Å²) in [5, 5.41) is 0. The molecule has 0 amide bonds. The zero-order chi connectivity index (χ0) is 19.0. The Labute approximate surface area is 166 Å². The molecular weight excluding hydrogens is 350 g/mol. The van der Waals surface area contributed by atoms with Crippen molar-refractivity contribution in [1.82, 2.24) is 4.90 Å². The Morgan fingerprint density at radius 2 is 1.85 bits per heavy atom. The fourth-order valence-corrected chi connectivity index (χ4v) is 5.12. The van der Waals surface area contributed by atoms with Crippen LogP contribution >= 0.6 is 11.3 Å². The van der Waals surface area contributed by atoms with E-state index < -0.39 is 0 Å². The molecule has 2 aromatic rings. The van der Waals surface area contributed by atoms with Crippen LogP contribution in [0.2, 0.25) is 0 Å². The van der Waals surface area contributed by atoms with Crippen molar-refractivity contribution in [3.05, 3.63) is 61.8 Å². The first-order valence-corrected chi connectivity index (χ1v) is 10.7. The summed E-state index contributed by atoms with van der Waals surface area (Å²) in [6.45, 7) is 9.09. The minimum absolute atomic E-state index is 0.289. The average Bonchev–Trinajstić information content (AvgIpc) is 2.94. The predicted molar refractivity (Wildman–Crippen MR) is 116 cm³/mol. The third-order valence-electron chi connectivity index (χ3n) is 5.64. The van der Waals surface area contributed by atoms with E-state index in [1.54, 1.807) is 12.5 Å². The van der Waals surface area contributed by atoms with Crippen molar-refractivity contribution in [1.29, 1.82) is 0 Å². The number of likely N-dealkylation sites (tertiary alicyclic amines) is 1. The molecular formula is C24H27NOS. The summed E-state index contributed by atoms with van der Waals surface area (Å²) in [7, 11) is 0. The Morgan fingerprint density at radius 1 is 1.07 bits per heavy atom. The fourth-order valence-electron chi connectivity index (χ4n) is 4.19. The Morgan fingerprint density at radius 3 is 2.59 bits per heavy atom. The molecule has 0 saturated carbocycles. The van der Waals surface area contributed by atoms with Gasteiger partial charge in [0.1, 0.15) is 5.78 Å². The second-order valence-electron chi connectivity index (χ2n) is 7.83. The van der Waals surface area contributed by atoms with Crippen LogP contribution in [0.1, 0.15) is 58.2 Å². The molecule has 2 heterocycles. The normalized spacial score (nSPS) is 16.9. The van der Waals surface area contributed by atoms with Crippen LogP contribution in [0.15, 0.2) is 29.8 Å². The van der Waals surface area contributed by atoms with Crippen molar-refractivity contribution in [2.75, 3.05) is 19.6 Å². The van der Waals surface area contributed by atoms with Crippen LogP contribution in [-0.2, 0) is 4.79 Å². The summed E-state index contributed by atoms with van der Waals surface area (Å²) < 4.78 is 0. The van der Waals surface area contributed by atoms with E-state index in [1.807, 2.05) is 11.3 Å². The number of aryl methyl sites for hydroxylation is 2. The van der Waals surface area contributed by atoms with Crippen molar-refractivity contribution in [2.24, 2.45) is 0 Å². The zero-order valence-corrected chi connectivity index (χ0v) is 17.3. The number of benzene rings is 1. The van der Waals surface area contributed by atoms with Gasteiger partial charge in [-0.05, 0) is 62.5 Å². The molecule has 4 rings (SSSR count). The molecule has 2 nitrogen and oxygen atoms in total. The van der Waals surface area contributed by atoms with Crippen LogP contribution in [0.25, 0.3) is 17.7 Å². The van der Waals surface area contributed by atoms with Crippen LogP contribution < -0.4 is 0 Å². The van der Waals surface area contributed by atoms with Gasteiger partial charge in [0, 0.05) is 41.4 Å². The smallest absolute Gasteiger partial charge is 0.131 e. The number of ketones is 1. The highest BCUT2D eigenvalue weighted by Crippen LogP contribution is 2.42. The highest BCUT2D eigenvalue weighted by Gasteiger charge is 2.24. The maximum atomic E-state index is 11.3. The van der Waals surface area contributed by atoms with Crippen molar-refractivity contribution >= 4 is 34.8 Å². The SMILES string of the molecule is CC(=O)CCN1CCC(=C2c3cc(C)ccc3C=Cc3sc(C)cc32)CC1. The van der Waals surface area contributed by atoms with Gasteiger partial charge in [0.05, 0.1) is 0 Å². The lowest BCUT2D eigenvalue weighted by Gasteiger charge is -2.30. The number of nitrogens with zero attached hydrogens (tertiary/aromatic N) is 1. The molecule has 2 aliphatic rings. The number of hydrogen-bond acceptors (Lipinski definition) is 3. The molecule has 0 atom stereocenters. The molecule has 0 radical (unpaired) electrons. The molecule has 140 valence electrons. The van der Waals surface area contributed by atoms with Gasteiger partial charge < -0.3 is 4.90 Å². The first-order valence-electron chi connectivity index (χ1n) is 9.85. The minimum atomic E-state index is 0.289. The third kappa shape index (κ3) is 3.85. The molecule has 0 spiro atoms. The molecule has 27 heavy (non-hydrogen) atoms. The number of Topliss-reactive ketones (excluding diaryl/α,β-unsaturated/α-hetero) is 1. The van der Waals surface area contributed by atoms with E-state index >= 15 is 0 Å². The zero-order valence-electron chi connectivity index (χ0n) is 16.5. The van der Waals surface area contributed by atoms with E-state index in [-0.39, 0.29) is 5.78 Å².